The molecular weight excluding hydrogens is 339 g/mol. The minimum absolute atomic E-state index is 0.450. The summed E-state index contributed by atoms with van der Waals surface area (Å²) in [7, 11) is 4.71. The number of benzene rings is 2. The molecule has 0 heterocycles. The van der Waals surface area contributed by atoms with Gasteiger partial charge >= 0.3 is 0 Å². The molecule has 23 heavy (non-hydrogen) atoms. The zero-order valence-electron chi connectivity index (χ0n) is 12.9. The fourth-order valence-electron chi connectivity index (χ4n) is 1.90. The molecule has 0 bridgehead atoms. The Balaban J connectivity index is 2.25. The lowest BCUT2D eigenvalue weighted by Crippen LogP contribution is -1.99. The third kappa shape index (κ3) is 4.21. The molecule has 2 aromatic carbocycles. The second-order valence-corrected chi connectivity index (χ2v) is 5.26. The van der Waals surface area contributed by atoms with Gasteiger partial charge in [-0.2, -0.15) is 5.10 Å². The molecule has 7 heteroatoms. The molecule has 2 aromatic rings. The highest BCUT2D eigenvalue weighted by molar-refractivity contribution is 6.42. The van der Waals surface area contributed by atoms with E-state index in [1.165, 1.54) is 0 Å². The van der Waals surface area contributed by atoms with Gasteiger partial charge in [-0.3, -0.25) is 5.43 Å². The summed E-state index contributed by atoms with van der Waals surface area (Å²) < 4.78 is 15.9. The zero-order chi connectivity index (χ0) is 16.8. The van der Waals surface area contributed by atoms with Crippen molar-refractivity contribution in [2.24, 2.45) is 5.10 Å². The molecule has 1 N–H and O–H groups in total. The standard InChI is InChI=1S/C16H16Cl2N2O3/c1-21-11-7-15(22-2)12(16(8-11)23-3)9-19-20-10-4-5-13(17)14(18)6-10/h4-9,20H,1-3H3/b19-9+. The van der Waals surface area contributed by atoms with E-state index in [9.17, 15) is 0 Å². The first-order valence-corrected chi connectivity index (χ1v) is 7.38. The van der Waals surface area contributed by atoms with Crippen LogP contribution in [-0.2, 0) is 0 Å². The van der Waals surface area contributed by atoms with Crippen molar-refractivity contribution in [3.05, 3.63) is 45.9 Å². The smallest absolute Gasteiger partial charge is 0.135 e. The molecule has 0 fully saturated rings. The monoisotopic (exact) mass is 354 g/mol. The second-order valence-electron chi connectivity index (χ2n) is 4.44. The predicted octanol–water partition coefficient (Wildman–Crippen LogP) is 4.47. The zero-order valence-corrected chi connectivity index (χ0v) is 14.4. The first-order valence-electron chi connectivity index (χ1n) is 6.63. The van der Waals surface area contributed by atoms with Crippen molar-refractivity contribution in [3.63, 3.8) is 0 Å². The molecule has 0 aliphatic heterocycles. The van der Waals surface area contributed by atoms with Gasteiger partial charge in [0.2, 0.25) is 0 Å². The summed E-state index contributed by atoms with van der Waals surface area (Å²) in [5.41, 5.74) is 4.27. The summed E-state index contributed by atoms with van der Waals surface area (Å²) in [6.07, 6.45) is 1.60. The van der Waals surface area contributed by atoms with Gasteiger partial charge in [-0.15, -0.1) is 0 Å². The Morgan fingerprint density at radius 2 is 1.57 bits per heavy atom. The number of halogens is 2. The maximum absolute atomic E-state index is 5.96. The lowest BCUT2D eigenvalue weighted by molar-refractivity contribution is 0.374. The van der Waals surface area contributed by atoms with Gasteiger partial charge in [-0.1, -0.05) is 23.2 Å². The molecule has 0 aliphatic rings. The van der Waals surface area contributed by atoms with Crippen LogP contribution in [0.15, 0.2) is 35.4 Å². The van der Waals surface area contributed by atoms with E-state index in [1.807, 2.05) is 0 Å². The Kier molecular flexibility index (Phi) is 5.96. The number of hydrazone groups is 1. The van der Waals surface area contributed by atoms with E-state index in [0.717, 1.165) is 0 Å². The predicted molar refractivity (Wildman–Crippen MR) is 93.8 cm³/mol. The van der Waals surface area contributed by atoms with Gasteiger partial charge in [0.25, 0.3) is 0 Å². The maximum Gasteiger partial charge on any atom is 0.135 e. The maximum atomic E-state index is 5.96. The van der Waals surface area contributed by atoms with Crippen molar-refractivity contribution < 1.29 is 14.2 Å². The van der Waals surface area contributed by atoms with Crippen LogP contribution < -0.4 is 19.6 Å². The topological polar surface area (TPSA) is 52.1 Å². The molecule has 0 radical (unpaired) electrons. The molecular formula is C16H16Cl2N2O3. The van der Waals surface area contributed by atoms with Gasteiger partial charge in [0.05, 0.1) is 48.8 Å². The van der Waals surface area contributed by atoms with Gasteiger partial charge < -0.3 is 14.2 Å². The quantitative estimate of drug-likeness (QED) is 0.614. The summed E-state index contributed by atoms with van der Waals surface area (Å²) >= 11 is 11.8. The highest BCUT2D eigenvalue weighted by Gasteiger charge is 2.11. The number of hydrogen-bond donors (Lipinski definition) is 1. The molecule has 2 rings (SSSR count). The molecule has 5 nitrogen and oxygen atoms in total. The normalized spacial score (nSPS) is 10.7. The molecule has 0 aromatic heterocycles. The summed E-state index contributed by atoms with van der Waals surface area (Å²) in [4.78, 5) is 0. The molecule has 0 amide bonds. The summed E-state index contributed by atoms with van der Waals surface area (Å²) in [5.74, 6) is 1.80. The average molecular weight is 355 g/mol. The Morgan fingerprint density at radius 1 is 0.913 bits per heavy atom. The Labute approximate surface area is 144 Å². The molecule has 0 atom stereocenters. The summed E-state index contributed by atoms with van der Waals surface area (Å²) in [6.45, 7) is 0. The lowest BCUT2D eigenvalue weighted by Gasteiger charge is -2.12. The molecule has 122 valence electrons. The van der Waals surface area contributed by atoms with Crippen molar-refractivity contribution in [3.8, 4) is 17.2 Å². The first kappa shape index (κ1) is 17.2. The summed E-state index contributed by atoms with van der Waals surface area (Å²) in [6, 6.07) is 8.65. The molecule has 0 unspecified atom stereocenters. The number of hydrogen-bond acceptors (Lipinski definition) is 5. The highest BCUT2D eigenvalue weighted by atomic mass is 35.5. The fourth-order valence-corrected chi connectivity index (χ4v) is 2.19. The molecule has 0 saturated heterocycles. The van der Waals surface area contributed by atoms with Crippen LogP contribution in [0.2, 0.25) is 10.0 Å². The molecule has 0 saturated carbocycles. The third-order valence-corrected chi connectivity index (χ3v) is 3.80. The molecule has 0 aliphatic carbocycles. The summed E-state index contributed by atoms with van der Waals surface area (Å²) in [5, 5.41) is 5.11. The van der Waals surface area contributed by atoms with Crippen molar-refractivity contribution in [1.29, 1.82) is 0 Å². The van der Waals surface area contributed by atoms with Crippen molar-refractivity contribution >= 4 is 35.1 Å². The van der Waals surface area contributed by atoms with Crippen molar-refractivity contribution in [2.75, 3.05) is 26.8 Å². The SMILES string of the molecule is COc1cc(OC)c(/C=N/Nc2ccc(Cl)c(Cl)c2)c(OC)c1. The van der Waals surface area contributed by atoms with Crippen LogP contribution in [0.25, 0.3) is 0 Å². The van der Waals surface area contributed by atoms with Crippen LogP contribution in [0.4, 0.5) is 5.69 Å². The Morgan fingerprint density at radius 3 is 2.09 bits per heavy atom. The minimum Gasteiger partial charge on any atom is -0.496 e. The lowest BCUT2D eigenvalue weighted by atomic mass is 10.2. The van der Waals surface area contributed by atoms with Crippen LogP contribution in [-0.4, -0.2) is 27.5 Å². The van der Waals surface area contributed by atoms with Crippen LogP contribution in [0.1, 0.15) is 5.56 Å². The van der Waals surface area contributed by atoms with E-state index in [2.05, 4.69) is 10.5 Å². The van der Waals surface area contributed by atoms with Crippen molar-refractivity contribution in [1.82, 2.24) is 0 Å². The largest absolute Gasteiger partial charge is 0.496 e. The number of ether oxygens (including phenoxy) is 3. The van der Waals surface area contributed by atoms with E-state index in [4.69, 9.17) is 37.4 Å². The number of anilines is 1. The van der Waals surface area contributed by atoms with Crippen LogP contribution in [0, 0.1) is 0 Å². The van der Waals surface area contributed by atoms with E-state index >= 15 is 0 Å². The van der Waals surface area contributed by atoms with Crippen LogP contribution >= 0.6 is 23.2 Å². The van der Waals surface area contributed by atoms with Crippen molar-refractivity contribution in [2.45, 2.75) is 0 Å². The number of rotatable bonds is 6. The van der Waals surface area contributed by atoms with Gasteiger partial charge in [-0.05, 0) is 18.2 Å². The Bertz CT molecular complexity index is 695. The van der Waals surface area contributed by atoms with Gasteiger partial charge in [0.15, 0.2) is 0 Å². The fraction of sp³-hybridized carbons (Fsp3) is 0.188. The van der Waals surface area contributed by atoms with Gasteiger partial charge in [0, 0.05) is 12.1 Å². The van der Waals surface area contributed by atoms with E-state index in [-0.39, 0.29) is 0 Å². The van der Waals surface area contributed by atoms with Crippen LogP contribution in [0.5, 0.6) is 17.2 Å². The minimum atomic E-state index is 0.450. The van der Waals surface area contributed by atoms with E-state index < -0.39 is 0 Å². The number of methoxy groups -OCH3 is 3. The van der Waals surface area contributed by atoms with E-state index in [1.54, 1.807) is 57.9 Å². The van der Waals surface area contributed by atoms with Crippen LogP contribution in [0.3, 0.4) is 0 Å². The molecule has 0 spiro atoms. The second kappa shape index (κ2) is 7.94. The first-order chi connectivity index (χ1) is 11.1. The third-order valence-electron chi connectivity index (χ3n) is 3.06. The van der Waals surface area contributed by atoms with Gasteiger partial charge in [-0.25, -0.2) is 0 Å². The number of nitrogens with one attached hydrogen (secondary N) is 1. The van der Waals surface area contributed by atoms with Gasteiger partial charge in [0.1, 0.15) is 17.2 Å². The van der Waals surface area contributed by atoms with E-state index in [0.29, 0.717) is 38.5 Å². The highest BCUT2D eigenvalue weighted by Crippen LogP contribution is 2.32. The number of nitrogens with zero attached hydrogens (tertiary/aromatic N) is 1. The average Bonchev–Trinajstić information content (AvgIpc) is 2.57. The Hall–Kier alpha value is -2.11.